The van der Waals surface area contributed by atoms with Crippen molar-refractivity contribution < 1.29 is 4.42 Å². The van der Waals surface area contributed by atoms with E-state index in [1.54, 1.807) is 0 Å². The summed E-state index contributed by atoms with van der Waals surface area (Å²) >= 11 is 0. The number of benzene rings is 9. The Labute approximate surface area is 357 Å². The van der Waals surface area contributed by atoms with Crippen LogP contribution < -0.4 is 4.90 Å². The second-order valence-corrected chi connectivity index (χ2v) is 16.8. The molecule has 10 aromatic rings. The standard InChI is InChI=1S/C59H43NO/c1-38-34-56-50-22-10-9-21-49(50)53-24-13-17-42(59(53)56)35-41-16-5-6-18-46(41)47-19-7-8-20-48(47)51-32-30-44(36-54(38)51)60(43-28-26-40(27-29-43)39-14-3-2-4-15-39)45-31-33-58-55(37-45)52-23-11-12-25-57(52)61-58/h2-33,36-38,56H,34-35H2,1H3. The zero-order chi connectivity index (χ0) is 40.4. The number of para-hydroxylation sites is 1. The van der Waals surface area contributed by atoms with E-state index in [0.717, 1.165) is 51.8 Å². The molecule has 0 N–H and O–H groups in total. The summed E-state index contributed by atoms with van der Waals surface area (Å²) in [5.41, 5.74) is 22.5. The van der Waals surface area contributed by atoms with Crippen LogP contribution in [0.4, 0.5) is 17.1 Å². The molecule has 2 heteroatoms. The summed E-state index contributed by atoms with van der Waals surface area (Å²) in [5, 5.41) is 2.24. The molecule has 2 aliphatic rings. The largest absolute Gasteiger partial charge is 0.456 e. The van der Waals surface area contributed by atoms with E-state index in [9.17, 15) is 0 Å². The molecule has 0 spiro atoms. The first-order valence-electron chi connectivity index (χ1n) is 21.6. The molecule has 0 aliphatic heterocycles. The van der Waals surface area contributed by atoms with Crippen LogP contribution in [-0.2, 0) is 6.42 Å². The fraction of sp³-hybridized carbons (Fsp3) is 0.0847. The molecular formula is C59H43NO. The van der Waals surface area contributed by atoms with E-state index in [1.807, 2.05) is 6.07 Å². The topological polar surface area (TPSA) is 16.4 Å². The quantitative estimate of drug-likeness (QED) is 0.177. The number of hydrogen-bond donors (Lipinski definition) is 0. The van der Waals surface area contributed by atoms with Crippen molar-refractivity contribution >= 4 is 39.0 Å². The van der Waals surface area contributed by atoms with Crippen molar-refractivity contribution in [2.24, 2.45) is 0 Å². The van der Waals surface area contributed by atoms with Gasteiger partial charge in [0, 0.05) is 33.8 Å². The maximum Gasteiger partial charge on any atom is 0.135 e. The average molecular weight is 782 g/mol. The Balaban J connectivity index is 1.08. The molecule has 2 unspecified atom stereocenters. The van der Waals surface area contributed by atoms with Crippen molar-refractivity contribution in [1.29, 1.82) is 0 Å². The van der Waals surface area contributed by atoms with Crippen molar-refractivity contribution in [2.75, 3.05) is 4.90 Å². The number of nitrogens with zero attached hydrogens (tertiary/aromatic N) is 1. The third-order valence-electron chi connectivity index (χ3n) is 13.3. The van der Waals surface area contributed by atoms with E-state index in [4.69, 9.17) is 4.42 Å². The minimum atomic E-state index is 0.234. The number of hydrogen-bond acceptors (Lipinski definition) is 2. The molecule has 0 amide bonds. The van der Waals surface area contributed by atoms with Crippen LogP contribution in [0.2, 0.25) is 0 Å². The Bertz CT molecular complexity index is 3280. The number of anilines is 3. The SMILES string of the molecule is CC1CC2c3ccccc3-c3cccc(c32)Cc2ccccc2-c2ccccc2-c2ccc(N(c3ccc(-c4ccccc4)cc3)c3ccc4oc5ccccc5c4c3)cc21. The van der Waals surface area contributed by atoms with Crippen molar-refractivity contribution in [1.82, 2.24) is 0 Å². The highest BCUT2D eigenvalue weighted by atomic mass is 16.3. The van der Waals surface area contributed by atoms with Crippen LogP contribution in [0.15, 0.2) is 211 Å². The maximum absolute atomic E-state index is 6.33. The lowest BCUT2D eigenvalue weighted by Gasteiger charge is -2.29. The molecule has 0 saturated heterocycles. The van der Waals surface area contributed by atoms with Crippen molar-refractivity contribution in [2.45, 2.75) is 31.6 Å². The fourth-order valence-corrected chi connectivity index (χ4v) is 10.5. The van der Waals surface area contributed by atoms with Gasteiger partial charge in [0.2, 0.25) is 0 Å². The first-order chi connectivity index (χ1) is 30.2. The molecule has 2 nitrogen and oxygen atoms in total. The van der Waals surface area contributed by atoms with Crippen molar-refractivity contribution in [3.8, 4) is 44.5 Å². The van der Waals surface area contributed by atoms with E-state index < -0.39 is 0 Å². The van der Waals surface area contributed by atoms with E-state index in [2.05, 4.69) is 212 Å². The van der Waals surface area contributed by atoms with Gasteiger partial charge in [0.05, 0.1) is 0 Å². The fourth-order valence-electron chi connectivity index (χ4n) is 10.5. The minimum Gasteiger partial charge on any atom is -0.456 e. The highest BCUT2D eigenvalue weighted by molar-refractivity contribution is 6.06. The van der Waals surface area contributed by atoms with Gasteiger partial charge in [0.25, 0.3) is 0 Å². The van der Waals surface area contributed by atoms with Gasteiger partial charge in [-0.2, -0.15) is 0 Å². The summed E-state index contributed by atoms with van der Waals surface area (Å²) in [4.78, 5) is 2.43. The smallest absolute Gasteiger partial charge is 0.135 e. The third kappa shape index (κ3) is 5.93. The molecule has 2 aliphatic carbocycles. The van der Waals surface area contributed by atoms with Gasteiger partial charge in [-0.1, -0.05) is 165 Å². The molecule has 12 rings (SSSR count). The summed E-state index contributed by atoms with van der Waals surface area (Å²) in [5.74, 6) is 0.520. The molecule has 1 aromatic heterocycles. The van der Waals surface area contributed by atoms with Crippen LogP contribution in [0.25, 0.3) is 66.4 Å². The van der Waals surface area contributed by atoms with Crippen molar-refractivity contribution in [3.05, 3.63) is 234 Å². The van der Waals surface area contributed by atoms with Gasteiger partial charge in [-0.25, -0.2) is 0 Å². The lowest BCUT2D eigenvalue weighted by molar-refractivity contribution is 0.623. The zero-order valence-electron chi connectivity index (χ0n) is 34.1. The van der Waals surface area contributed by atoms with Crippen LogP contribution >= 0.6 is 0 Å². The normalized spacial score (nSPS) is 15.2. The van der Waals surface area contributed by atoms with Crippen LogP contribution in [0.3, 0.4) is 0 Å². The van der Waals surface area contributed by atoms with E-state index >= 15 is 0 Å². The second-order valence-electron chi connectivity index (χ2n) is 16.8. The summed E-state index contributed by atoms with van der Waals surface area (Å²) in [7, 11) is 0. The molecule has 61 heavy (non-hydrogen) atoms. The lowest BCUT2D eigenvalue weighted by Crippen LogP contribution is -2.12. The Morgan fingerprint density at radius 3 is 1.85 bits per heavy atom. The summed E-state index contributed by atoms with van der Waals surface area (Å²) < 4.78 is 6.33. The lowest BCUT2D eigenvalue weighted by atomic mass is 9.78. The molecule has 0 fully saturated rings. The summed E-state index contributed by atoms with van der Waals surface area (Å²) in [6, 6.07) is 76.1. The van der Waals surface area contributed by atoms with Crippen molar-refractivity contribution in [3.63, 3.8) is 0 Å². The maximum atomic E-state index is 6.33. The molecule has 0 radical (unpaired) electrons. The Hall–Kier alpha value is -7.42. The predicted octanol–water partition coefficient (Wildman–Crippen LogP) is 16.3. The Morgan fingerprint density at radius 2 is 1.00 bits per heavy atom. The highest BCUT2D eigenvalue weighted by Gasteiger charge is 2.33. The third-order valence-corrected chi connectivity index (χ3v) is 13.3. The van der Waals surface area contributed by atoms with Gasteiger partial charge in [-0.05, 0) is 140 Å². The van der Waals surface area contributed by atoms with Gasteiger partial charge in [0.1, 0.15) is 11.2 Å². The molecule has 9 aromatic carbocycles. The minimum absolute atomic E-state index is 0.234. The summed E-state index contributed by atoms with van der Waals surface area (Å²) in [6.45, 7) is 2.46. The molecule has 0 bridgehead atoms. The highest BCUT2D eigenvalue weighted by Crippen LogP contribution is 2.52. The first-order valence-corrected chi connectivity index (χ1v) is 21.6. The van der Waals surface area contributed by atoms with Gasteiger partial charge in [-0.3, -0.25) is 0 Å². The van der Waals surface area contributed by atoms with Crippen LogP contribution in [0.5, 0.6) is 0 Å². The van der Waals surface area contributed by atoms with Crippen LogP contribution in [0.1, 0.15) is 53.0 Å². The Morgan fingerprint density at radius 1 is 0.410 bits per heavy atom. The number of rotatable bonds is 4. The van der Waals surface area contributed by atoms with E-state index in [1.165, 1.54) is 72.3 Å². The summed E-state index contributed by atoms with van der Waals surface area (Å²) in [6.07, 6.45) is 1.90. The zero-order valence-corrected chi connectivity index (χ0v) is 34.1. The van der Waals surface area contributed by atoms with Gasteiger partial charge in [0.15, 0.2) is 0 Å². The van der Waals surface area contributed by atoms with Gasteiger partial charge in [-0.15, -0.1) is 0 Å². The molecule has 2 atom stereocenters. The van der Waals surface area contributed by atoms with E-state index in [-0.39, 0.29) is 11.8 Å². The van der Waals surface area contributed by atoms with Gasteiger partial charge >= 0.3 is 0 Å². The van der Waals surface area contributed by atoms with E-state index in [0.29, 0.717) is 0 Å². The molecule has 1 heterocycles. The van der Waals surface area contributed by atoms with Crippen LogP contribution in [-0.4, -0.2) is 0 Å². The average Bonchev–Trinajstić information content (AvgIpc) is 3.85. The van der Waals surface area contributed by atoms with Gasteiger partial charge < -0.3 is 9.32 Å². The van der Waals surface area contributed by atoms with Crippen LogP contribution in [0, 0.1) is 0 Å². The molecule has 0 saturated carbocycles. The second kappa shape index (κ2) is 14.4. The first kappa shape index (κ1) is 35.5. The monoisotopic (exact) mass is 781 g/mol. The number of furan rings is 1. The molecule has 290 valence electrons. The predicted molar refractivity (Wildman–Crippen MR) is 254 cm³/mol. The number of fused-ring (bicyclic) bond motifs is 11. The Kier molecular flexibility index (Phi) is 8.38. The molecular weight excluding hydrogens is 739 g/mol.